The molecule has 1 atom stereocenters. The number of alkyl halides is 3. The molecule has 0 saturated heterocycles. The van der Waals surface area contributed by atoms with Crippen molar-refractivity contribution in [2.45, 2.75) is 38.2 Å². The van der Waals surface area contributed by atoms with Crippen molar-refractivity contribution in [2.75, 3.05) is 6.67 Å². The molecule has 0 saturated carbocycles. The van der Waals surface area contributed by atoms with Gasteiger partial charge in [-0.05, 0) is 31.0 Å². The number of rotatable bonds is 8. The van der Waals surface area contributed by atoms with Crippen LogP contribution in [0.15, 0.2) is 22.7 Å². The second kappa shape index (κ2) is 7.68. The highest BCUT2D eigenvalue weighted by Gasteiger charge is 2.34. The molecule has 1 N–H and O–H groups in total. The zero-order chi connectivity index (χ0) is 16.0. The maximum absolute atomic E-state index is 13.9. The fraction of sp³-hybridized carbons (Fsp3) is 0.500. The van der Waals surface area contributed by atoms with Gasteiger partial charge < -0.3 is 9.84 Å². The van der Waals surface area contributed by atoms with Gasteiger partial charge in [-0.25, -0.2) is 13.6 Å². The summed E-state index contributed by atoms with van der Waals surface area (Å²) < 4.78 is 45.6. The predicted octanol–water partition coefficient (Wildman–Crippen LogP) is 4.53. The van der Waals surface area contributed by atoms with E-state index in [1.165, 1.54) is 25.1 Å². The molecule has 1 unspecified atom stereocenters. The van der Waals surface area contributed by atoms with E-state index in [9.17, 15) is 18.0 Å². The number of hydrogen-bond donors (Lipinski definition) is 1. The normalized spacial score (nSPS) is 13.0. The Hall–Kier alpha value is -1.24. The molecule has 0 fully saturated rings. The second-order valence-electron chi connectivity index (χ2n) is 4.47. The number of ether oxygens (including phenoxy) is 1. The van der Waals surface area contributed by atoms with Gasteiger partial charge in [0, 0.05) is 10.9 Å². The summed E-state index contributed by atoms with van der Waals surface area (Å²) >= 11 is 3.10. The molecule has 0 heterocycles. The number of aliphatic carboxylic acids is 1. The Morgan fingerprint density at radius 3 is 2.67 bits per heavy atom. The van der Waals surface area contributed by atoms with Crippen LogP contribution in [-0.2, 0) is 10.7 Å². The fourth-order valence-corrected chi connectivity index (χ4v) is 2.09. The molecule has 7 heteroatoms. The van der Waals surface area contributed by atoms with E-state index in [-0.39, 0.29) is 24.2 Å². The number of carbonyl (C=O) groups is 1. The largest absolute Gasteiger partial charge is 0.479 e. The van der Waals surface area contributed by atoms with Crippen LogP contribution in [0.3, 0.4) is 0 Å². The van der Waals surface area contributed by atoms with Crippen molar-refractivity contribution in [3.63, 3.8) is 0 Å². The van der Waals surface area contributed by atoms with Crippen molar-refractivity contribution >= 4 is 21.9 Å². The van der Waals surface area contributed by atoms with Crippen LogP contribution in [0, 0.1) is 0 Å². The molecule has 0 bridgehead atoms. The average molecular weight is 369 g/mol. The fourth-order valence-electron chi connectivity index (χ4n) is 1.73. The first-order chi connectivity index (χ1) is 9.81. The van der Waals surface area contributed by atoms with Crippen molar-refractivity contribution < 1.29 is 27.8 Å². The molecule has 0 spiro atoms. The van der Waals surface area contributed by atoms with Crippen molar-refractivity contribution in [1.82, 2.24) is 0 Å². The summed E-state index contributed by atoms with van der Waals surface area (Å²) in [6, 6.07) is 3.97. The van der Waals surface area contributed by atoms with Gasteiger partial charge in [0.25, 0.3) is 5.92 Å². The smallest absolute Gasteiger partial charge is 0.344 e. The van der Waals surface area contributed by atoms with E-state index in [0.29, 0.717) is 4.47 Å². The SMILES string of the molecule is CCC(F)(F)c1cc(Br)ccc1OC(CCCF)C(=O)O. The van der Waals surface area contributed by atoms with Crippen LogP contribution in [0.25, 0.3) is 0 Å². The number of halogens is 4. The standard InChI is InChI=1S/C14H16BrF3O3/c1-2-14(17,18)10-8-9(15)5-6-11(10)21-12(13(19)20)4-3-7-16/h5-6,8,12H,2-4,7H2,1H3,(H,19,20). The van der Waals surface area contributed by atoms with Crippen LogP contribution in [0.1, 0.15) is 31.7 Å². The highest BCUT2D eigenvalue weighted by Crippen LogP contribution is 2.39. The second-order valence-corrected chi connectivity index (χ2v) is 5.39. The Balaban J connectivity index is 3.08. The summed E-state index contributed by atoms with van der Waals surface area (Å²) in [7, 11) is 0. The van der Waals surface area contributed by atoms with Gasteiger partial charge in [-0.2, -0.15) is 0 Å². The summed E-state index contributed by atoms with van der Waals surface area (Å²) in [4.78, 5) is 11.1. The third kappa shape index (κ3) is 4.91. The quantitative estimate of drug-likeness (QED) is 0.732. The van der Waals surface area contributed by atoms with Gasteiger partial charge in [0.1, 0.15) is 5.75 Å². The van der Waals surface area contributed by atoms with Crippen LogP contribution in [-0.4, -0.2) is 23.9 Å². The van der Waals surface area contributed by atoms with Crippen molar-refractivity contribution in [3.8, 4) is 5.75 Å². The van der Waals surface area contributed by atoms with E-state index in [4.69, 9.17) is 9.84 Å². The molecule has 1 rings (SSSR count). The summed E-state index contributed by atoms with van der Waals surface area (Å²) in [5, 5.41) is 9.02. The summed E-state index contributed by atoms with van der Waals surface area (Å²) in [6.45, 7) is 0.633. The molecule has 0 aliphatic heterocycles. The topological polar surface area (TPSA) is 46.5 Å². The molecule has 1 aromatic rings. The lowest BCUT2D eigenvalue weighted by Gasteiger charge is -2.22. The van der Waals surface area contributed by atoms with E-state index in [1.54, 1.807) is 0 Å². The zero-order valence-electron chi connectivity index (χ0n) is 11.4. The van der Waals surface area contributed by atoms with Gasteiger partial charge in [0.2, 0.25) is 0 Å². The highest BCUT2D eigenvalue weighted by atomic mass is 79.9. The first-order valence-electron chi connectivity index (χ1n) is 6.45. The van der Waals surface area contributed by atoms with E-state index >= 15 is 0 Å². The van der Waals surface area contributed by atoms with Crippen molar-refractivity contribution in [3.05, 3.63) is 28.2 Å². The minimum Gasteiger partial charge on any atom is -0.479 e. The molecular weight excluding hydrogens is 353 g/mol. The summed E-state index contributed by atoms with van der Waals surface area (Å²) in [5.74, 6) is -4.64. The van der Waals surface area contributed by atoms with Crippen LogP contribution >= 0.6 is 15.9 Å². The lowest BCUT2D eigenvalue weighted by atomic mass is 10.0. The van der Waals surface area contributed by atoms with Gasteiger partial charge in [0.05, 0.1) is 12.2 Å². The maximum atomic E-state index is 13.9. The zero-order valence-corrected chi connectivity index (χ0v) is 13.0. The Bertz CT molecular complexity index is 494. The molecule has 0 amide bonds. The Morgan fingerprint density at radius 1 is 1.48 bits per heavy atom. The van der Waals surface area contributed by atoms with Gasteiger partial charge in [-0.3, -0.25) is 4.39 Å². The number of hydrogen-bond acceptors (Lipinski definition) is 2. The molecular formula is C14H16BrF3O3. The van der Waals surface area contributed by atoms with Crippen molar-refractivity contribution in [2.24, 2.45) is 0 Å². The summed E-state index contributed by atoms with van der Waals surface area (Å²) in [6.07, 6.45) is -1.89. The molecule has 21 heavy (non-hydrogen) atoms. The Morgan fingerprint density at radius 2 is 2.14 bits per heavy atom. The third-order valence-corrected chi connectivity index (χ3v) is 3.42. The van der Waals surface area contributed by atoms with Gasteiger partial charge in [0.15, 0.2) is 6.10 Å². The van der Waals surface area contributed by atoms with Gasteiger partial charge in [-0.1, -0.05) is 22.9 Å². The minimum absolute atomic E-state index is 0.00695. The van der Waals surface area contributed by atoms with Crippen molar-refractivity contribution in [1.29, 1.82) is 0 Å². The highest BCUT2D eigenvalue weighted by molar-refractivity contribution is 9.10. The lowest BCUT2D eigenvalue weighted by molar-refractivity contribution is -0.145. The van der Waals surface area contributed by atoms with Crippen LogP contribution < -0.4 is 4.74 Å². The number of carboxylic acid groups (broad SMARTS) is 1. The molecule has 0 aliphatic carbocycles. The van der Waals surface area contributed by atoms with Gasteiger partial charge >= 0.3 is 5.97 Å². The summed E-state index contributed by atoms with van der Waals surface area (Å²) in [5.41, 5.74) is -0.383. The van der Waals surface area contributed by atoms with Crippen LogP contribution in [0.4, 0.5) is 13.2 Å². The number of benzene rings is 1. The average Bonchev–Trinajstić information content (AvgIpc) is 2.44. The third-order valence-electron chi connectivity index (χ3n) is 2.92. The maximum Gasteiger partial charge on any atom is 0.344 e. The van der Waals surface area contributed by atoms with E-state index in [2.05, 4.69) is 15.9 Å². The lowest BCUT2D eigenvalue weighted by Crippen LogP contribution is -2.28. The van der Waals surface area contributed by atoms with E-state index < -0.39 is 31.1 Å². The van der Waals surface area contributed by atoms with E-state index in [1.807, 2.05) is 0 Å². The molecule has 0 aromatic heterocycles. The molecule has 3 nitrogen and oxygen atoms in total. The monoisotopic (exact) mass is 368 g/mol. The van der Waals surface area contributed by atoms with Gasteiger partial charge in [-0.15, -0.1) is 0 Å². The first-order valence-corrected chi connectivity index (χ1v) is 7.24. The Labute approximate surface area is 129 Å². The molecule has 1 aromatic carbocycles. The number of carboxylic acids is 1. The Kier molecular flexibility index (Phi) is 6.51. The molecule has 0 radical (unpaired) electrons. The van der Waals surface area contributed by atoms with Crippen LogP contribution in [0.5, 0.6) is 5.75 Å². The molecule has 0 aliphatic rings. The predicted molar refractivity (Wildman–Crippen MR) is 75.6 cm³/mol. The van der Waals surface area contributed by atoms with E-state index in [0.717, 1.165) is 0 Å². The first kappa shape index (κ1) is 17.8. The minimum atomic E-state index is -3.14. The van der Waals surface area contributed by atoms with Crippen LogP contribution in [0.2, 0.25) is 0 Å². The molecule has 118 valence electrons.